The summed E-state index contributed by atoms with van der Waals surface area (Å²) in [6.45, 7) is 3.52. The third-order valence-electron chi connectivity index (χ3n) is 1.95. The van der Waals surface area contributed by atoms with Crippen molar-refractivity contribution in [3.8, 4) is 0 Å². The molecule has 0 unspecified atom stereocenters. The molecular formula is C9H10N4O2S. The molecule has 7 heteroatoms. The molecule has 1 amide bonds. The molecule has 3 N–H and O–H groups in total. The number of furan rings is 1. The minimum absolute atomic E-state index is 0.273. The third-order valence-corrected chi connectivity index (χ3v) is 2.61. The van der Waals surface area contributed by atoms with E-state index in [1.165, 1.54) is 0 Å². The van der Waals surface area contributed by atoms with Gasteiger partial charge in [0, 0.05) is 0 Å². The van der Waals surface area contributed by atoms with Crippen molar-refractivity contribution in [2.75, 3.05) is 11.1 Å². The Labute approximate surface area is 95.5 Å². The Bertz CT molecular complexity index is 531. The Balaban J connectivity index is 2.17. The van der Waals surface area contributed by atoms with E-state index in [4.69, 9.17) is 10.2 Å². The number of hydrogen-bond acceptors (Lipinski definition) is 6. The SMILES string of the molecule is Cc1cc(C(=O)Nc2nnc(N)s2)c(C)o1. The van der Waals surface area contributed by atoms with Crippen molar-refractivity contribution in [1.82, 2.24) is 10.2 Å². The van der Waals surface area contributed by atoms with E-state index in [9.17, 15) is 4.79 Å². The summed E-state index contributed by atoms with van der Waals surface area (Å²) in [6, 6.07) is 1.68. The Kier molecular flexibility index (Phi) is 2.61. The number of aryl methyl sites for hydroxylation is 2. The lowest BCUT2D eigenvalue weighted by molar-refractivity contribution is 0.102. The molecule has 2 aromatic heterocycles. The molecule has 0 saturated heterocycles. The quantitative estimate of drug-likeness (QED) is 0.828. The molecule has 0 aliphatic rings. The molecule has 0 aliphatic carbocycles. The number of nitrogens with zero attached hydrogens (tertiary/aromatic N) is 2. The zero-order valence-electron chi connectivity index (χ0n) is 8.77. The number of hydrogen-bond donors (Lipinski definition) is 2. The molecule has 0 fully saturated rings. The van der Waals surface area contributed by atoms with Crippen molar-refractivity contribution in [3.63, 3.8) is 0 Å². The highest BCUT2D eigenvalue weighted by Gasteiger charge is 2.15. The van der Waals surface area contributed by atoms with Crippen molar-refractivity contribution in [2.45, 2.75) is 13.8 Å². The smallest absolute Gasteiger partial charge is 0.261 e. The fourth-order valence-electron chi connectivity index (χ4n) is 1.31. The molecule has 0 aromatic carbocycles. The summed E-state index contributed by atoms with van der Waals surface area (Å²) in [5, 5.41) is 10.6. The van der Waals surface area contributed by atoms with Gasteiger partial charge in [0.1, 0.15) is 11.5 Å². The van der Waals surface area contributed by atoms with Crippen molar-refractivity contribution >= 4 is 27.5 Å². The lowest BCUT2D eigenvalue weighted by atomic mass is 10.2. The Morgan fingerprint density at radius 1 is 1.50 bits per heavy atom. The van der Waals surface area contributed by atoms with Gasteiger partial charge in [-0.3, -0.25) is 10.1 Å². The molecule has 0 bridgehead atoms. The first kappa shape index (κ1) is 10.6. The molecule has 6 nitrogen and oxygen atoms in total. The second-order valence-corrected chi connectivity index (χ2v) is 4.24. The van der Waals surface area contributed by atoms with Crippen LogP contribution in [0.5, 0.6) is 0 Å². The average molecular weight is 238 g/mol. The normalized spacial score (nSPS) is 10.4. The molecule has 84 valence electrons. The zero-order valence-corrected chi connectivity index (χ0v) is 9.59. The van der Waals surface area contributed by atoms with Gasteiger partial charge in [0.25, 0.3) is 5.91 Å². The molecule has 16 heavy (non-hydrogen) atoms. The molecule has 2 aromatic rings. The van der Waals surface area contributed by atoms with Crippen LogP contribution in [0.2, 0.25) is 0 Å². The van der Waals surface area contributed by atoms with Gasteiger partial charge in [0.2, 0.25) is 10.3 Å². The second kappa shape index (κ2) is 3.93. The van der Waals surface area contributed by atoms with Gasteiger partial charge in [-0.2, -0.15) is 0 Å². The first-order valence-electron chi connectivity index (χ1n) is 4.53. The number of anilines is 2. The summed E-state index contributed by atoms with van der Waals surface area (Å²) in [7, 11) is 0. The summed E-state index contributed by atoms with van der Waals surface area (Å²) < 4.78 is 5.26. The van der Waals surface area contributed by atoms with E-state index in [1.807, 2.05) is 0 Å². The van der Waals surface area contributed by atoms with Gasteiger partial charge in [-0.05, 0) is 19.9 Å². The molecule has 0 spiro atoms. The van der Waals surface area contributed by atoms with Gasteiger partial charge in [-0.15, -0.1) is 10.2 Å². The van der Waals surface area contributed by atoms with Crippen LogP contribution in [-0.2, 0) is 0 Å². The summed E-state index contributed by atoms with van der Waals surface area (Å²) in [4.78, 5) is 11.8. The van der Waals surface area contributed by atoms with Crippen LogP contribution in [0.4, 0.5) is 10.3 Å². The largest absolute Gasteiger partial charge is 0.466 e. The zero-order chi connectivity index (χ0) is 11.7. The van der Waals surface area contributed by atoms with Crippen LogP contribution in [0.15, 0.2) is 10.5 Å². The van der Waals surface area contributed by atoms with Gasteiger partial charge < -0.3 is 10.2 Å². The third kappa shape index (κ3) is 2.03. The van der Waals surface area contributed by atoms with E-state index in [0.717, 1.165) is 11.3 Å². The molecule has 0 saturated carbocycles. The minimum atomic E-state index is -0.273. The standard InChI is InChI=1S/C9H10N4O2S/c1-4-3-6(5(2)15-4)7(14)11-9-13-12-8(10)16-9/h3H,1-2H3,(H2,10,12)(H,11,13,14). The predicted molar refractivity (Wildman–Crippen MR) is 60.5 cm³/mol. The summed E-state index contributed by atoms with van der Waals surface area (Å²) >= 11 is 1.12. The molecule has 0 radical (unpaired) electrons. The van der Waals surface area contributed by atoms with Crippen LogP contribution in [0.1, 0.15) is 21.9 Å². The van der Waals surface area contributed by atoms with Gasteiger partial charge in [0.15, 0.2) is 0 Å². The van der Waals surface area contributed by atoms with Crippen molar-refractivity contribution < 1.29 is 9.21 Å². The van der Waals surface area contributed by atoms with Crippen molar-refractivity contribution in [2.24, 2.45) is 0 Å². The van der Waals surface area contributed by atoms with Crippen LogP contribution in [0.25, 0.3) is 0 Å². The van der Waals surface area contributed by atoms with E-state index in [1.54, 1.807) is 19.9 Å². The molecular weight excluding hydrogens is 228 g/mol. The number of carbonyl (C=O) groups is 1. The van der Waals surface area contributed by atoms with E-state index >= 15 is 0 Å². The van der Waals surface area contributed by atoms with E-state index in [2.05, 4.69) is 15.5 Å². The summed E-state index contributed by atoms with van der Waals surface area (Å²) in [5.74, 6) is 0.998. The first-order valence-corrected chi connectivity index (χ1v) is 5.35. The molecule has 2 heterocycles. The highest BCUT2D eigenvalue weighted by atomic mass is 32.1. The number of aromatic nitrogens is 2. The lowest BCUT2D eigenvalue weighted by Gasteiger charge is -1.97. The maximum Gasteiger partial charge on any atom is 0.261 e. The van der Waals surface area contributed by atoms with Crippen molar-refractivity contribution in [1.29, 1.82) is 0 Å². The monoisotopic (exact) mass is 238 g/mol. The summed E-state index contributed by atoms with van der Waals surface area (Å²) in [5.41, 5.74) is 5.89. The molecule has 0 aliphatic heterocycles. The van der Waals surface area contributed by atoms with E-state index in [-0.39, 0.29) is 5.91 Å². The van der Waals surface area contributed by atoms with Gasteiger partial charge in [-0.1, -0.05) is 11.3 Å². The second-order valence-electron chi connectivity index (χ2n) is 3.23. The Morgan fingerprint density at radius 2 is 2.25 bits per heavy atom. The fraction of sp³-hybridized carbons (Fsp3) is 0.222. The highest BCUT2D eigenvalue weighted by Crippen LogP contribution is 2.19. The predicted octanol–water partition coefficient (Wildman–Crippen LogP) is 1.58. The first-order chi connectivity index (χ1) is 7.56. The number of rotatable bonds is 2. The fourth-order valence-corrected chi connectivity index (χ4v) is 1.81. The van der Waals surface area contributed by atoms with Crippen LogP contribution >= 0.6 is 11.3 Å². The maximum absolute atomic E-state index is 11.8. The van der Waals surface area contributed by atoms with Crippen LogP contribution < -0.4 is 11.1 Å². The van der Waals surface area contributed by atoms with Crippen LogP contribution in [-0.4, -0.2) is 16.1 Å². The van der Waals surface area contributed by atoms with Crippen LogP contribution in [0, 0.1) is 13.8 Å². The van der Waals surface area contributed by atoms with E-state index in [0.29, 0.717) is 27.3 Å². The Morgan fingerprint density at radius 3 is 2.75 bits per heavy atom. The highest BCUT2D eigenvalue weighted by molar-refractivity contribution is 7.19. The lowest BCUT2D eigenvalue weighted by Crippen LogP contribution is -2.11. The number of amides is 1. The van der Waals surface area contributed by atoms with E-state index < -0.39 is 0 Å². The summed E-state index contributed by atoms with van der Waals surface area (Å²) in [6.07, 6.45) is 0. The number of nitrogens with two attached hydrogens (primary N) is 1. The van der Waals surface area contributed by atoms with Crippen LogP contribution in [0.3, 0.4) is 0 Å². The van der Waals surface area contributed by atoms with Gasteiger partial charge in [0.05, 0.1) is 5.56 Å². The maximum atomic E-state index is 11.8. The average Bonchev–Trinajstić information content (AvgIpc) is 2.73. The van der Waals surface area contributed by atoms with Gasteiger partial charge in [-0.25, -0.2) is 0 Å². The number of nitrogen functional groups attached to an aromatic ring is 1. The molecule has 0 atom stereocenters. The number of nitrogens with one attached hydrogen (secondary N) is 1. The topological polar surface area (TPSA) is 94.0 Å². The number of carbonyl (C=O) groups excluding carboxylic acids is 1. The molecule has 2 rings (SSSR count). The van der Waals surface area contributed by atoms with Crippen molar-refractivity contribution in [3.05, 3.63) is 23.2 Å². The Hall–Kier alpha value is -1.89. The minimum Gasteiger partial charge on any atom is -0.466 e. The van der Waals surface area contributed by atoms with Gasteiger partial charge >= 0.3 is 0 Å².